The topological polar surface area (TPSA) is 60.2 Å². The van der Waals surface area contributed by atoms with Gasteiger partial charge in [0.15, 0.2) is 11.6 Å². The third-order valence-electron chi connectivity index (χ3n) is 2.76. The van der Waals surface area contributed by atoms with E-state index < -0.39 is 0 Å². The fourth-order valence-electron chi connectivity index (χ4n) is 1.94. The number of aliphatic hydroxyl groups excluding tert-OH is 1. The van der Waals surface area contributed by atoms with Crippen molar-refractivity contribution in [3.8, 4) is 11.4 Å². The maximum Gasteiger partial charge on any atom is 0.158 e. The smallest absolute Gasteiger partial charge is 0.158 e. The molecule has 2 aromatic rings. The Labute approximate surface area is 112 Å². The summed E-state index contributed by atoms with van der Waals surface area (Å²) in [5, 5.41) is 13.9. The number of aromatic nitrogens is 3. The molecule has 0 spiro atoms. The summed E-state index contributed by atoms with van der Waals surface area (Å²) in [6.07, 6.45) is 0.787. The number of para-hydroxylation sites is 2. The highest BCUT2D eigenvalue weighted by Crippen LogP contribution is 2.23. The van der Waals surface area contributed by atoms with Crippen LogP contribution in [0.2, 0.25) is 0 Å². The van der Waals surface area contributed by atoms with Crippen molar-refractivity contribution in [2.45, 2.75) is 26.9 Å². The molecule has 1 N–H and O–H groups in total. The lowest BCUT2D eigenvalue weighted by Gasteiger charge is -2.09. The highest BCUT2D eigenvalue weighted by atomic mass is 16.5. The first-order chi connectivity index (χ1) is 9.15. The molecular formula is C14H19N3O2. The number of hydrogen-bond acceptors (Lipinski definition) is 4. The van der Waals surface area contributed by atoms with Crippen LogP contribution >= 0.6 is 0 Å². The average Bonchev–Trinajstić information content (AvgIpc) is 2.80. The van der Waals surface area contributed by atoms with E-state index in [1.54, 1.807) is 11.8 Å². The van der Waals surface area contributed by atoms with Gasteiger partial charge in [-0.3, -0.25) is 0 Å². The monoisotopic (exact) mass is 261 g/mol. The van der Waals surface area contributed by atoms with Gasteiger partial charge in [0.05, 0.1) is 7.11 Å². The van der Waals surface area contributed by atoms with Crippen LogP contribution in [-0.2, 0) is 13.0 Å². The first kappa shape index (κ1) is 13.5. The minimum Gasteiger partial charge on any atom is -0.494 e. The number of rotatable bonds is 5. The molecule has 0 radical (unpaired) electrons. The molecule has 19 heavy (non-hydrogen) atoms. The van der Waals surface area contributed by atoms with E-state index >= 15 is 0 Å². The SMILES string of the molecule is COc1ccccc1-n1nc(CC(C)C)nc1CO. The van der Waals surface area contributed by atoms with Crippen molar-refractivity contribution in [2.24, 2.45) is 5.92 Å². The molecule has 0 aliphatic heterocycles. The minimum atomic E-state index is -0.150. The van der Waals surface area contributed by atoms with Crippen LogP contribution in [0.25, 0.3) is 5.69 Å². The summed E-state index contributed by atoms with van der Waals surface area (Å²) in [4.78, 5) is 4.37. The Morgan fingerprint density at radius 3 is 2.68 bits per heavy atom. The second-order valence-corrected chi connectivity index (χ2v) is 4.78. The van der Waals surface area contributed by atoms with Gasteiger partial charge in [-0.1, -0.05) is 26.0 Å². The maximum absolute atomic E-state index is 9.43. The number of nitrogens with zero attached hydrogens (tertiary/aromatic N) is 3. The van der Waals surface area contributed by atoms with Gasteiger partial charge in [-0.15, -0.1) is 0 Å². The zero-order valence-electron chi connectivity index (χ0n) is 11.5. The van der Waals surface area contributed by atoms with Crippen molar-refractivity contribution >= 4 is 0 Å². The number of aliphatic hydroxyl groups is 1. The zero-order valence-corrected chi connectivity index (χ0v) is 11.5. The average molecular weight is 261 g/mol. The molecule has 5 heteroatoms. The normalized spacial score (nSPS) is 11.0. The first-order valence-electron chi connectivity index (χ1n) is 6.34. The number of hydrogen-bond donors (Lipinski definition) is 1. The molecule has 102 valence electrons. The van der Waals surface area contributed by atoms with E-state index in [0.29, 0.717) is 17.5 Å². The molecule has 1 heterocycles. The van der Waals surface area contributed by atoms with Gasteiger partial charge in [-0.05, 0) is 18.1 Å². The standard InChI is InChI=1S/C14H19N3O2/c1-10(2)8-13-15-14(9-18)17(16-13)11-6-4-5-7-12(11)19-3/h4-7,10,18H,8-9H2,1-3H3. The van der Waals surface area contributed by atoms with Crippen molar-refractivity contribution in [1.29, 1.82) is 0 Å². The first-order valence-corrected chi connectivity index (χ1v) is 6.34. The van der Waals surface area contributed by atoms with Crippen LogP contribution in [0.15, 0.2) is 24.3 Å². The fraction of sp³-hybridized carbons (Fsp3) is 0.429. The predicted octanol–water partition coefficient (Wildman–Crippen LogP) is 1.97. The van der Waals surface area contributed by atoms with Crippen LogP contribution < -0.4 is 4.74 Å². The van der Waals surface area contributed by atoms with E-state index in [4.69, 9.17) is 4.74 Å². The van der Waals surface area contributed by atoms with Gasteiger partial charge in [-0.2, -0.15) is 5.10 Å². The van der Waals surface area contributed by atoms with E-state index in [1.165, 1.54) is 0 Å². The summed E-state index contributed by atoms with van der Waals surface area (Å²) in [7, 11) is 1.61. The van der Waals surface area contributed by atoms with Crippen molar-refractivity contribution in [3.63, 3.8) is 0 Å². The van der Waals surface area contributed by atoms with Crippen LogP contribution in [0.3, 0.4) is 0 Å². The zero-order chi connectivity index (χ0) is 13.8. The van der Waals surface area contributed by atoms with Gasteiger partial charge in [0.2, 0.25) is 0 Å². The van der Waals surface area contributed by atoms with Crippen molar-refractivity contribution in [3.05, 3.63) is 35.9 Å². The van der Waals surface area contributed by atoms with Crippen LogP contribution in [0.5, 0.6) is 5.75 Å². The minimum absolute atomic E-state index is 0.150. The fourth-order valence-corrected chi connectivity index (χ4v) is 1.94. The largest absolute Gasteiger partial charge is 0.494 e. The predicted molar refractivity (Wildman–Crippen MR) is 72.4 cm³/mol. The molecule has 0 fully saturated rings. The van der Waals surface area contributed by atoms with Gasteiger partial charge < -0.3 is 9.84 Å². The Morgan fingerprint density at radius 1 is 1.32 bits per heavy atom. The third-order valence-corrected chi connectivity index (χ3v) is 2.76. The second kappa shape index (κ2) is 5.84. The number of benzene rings is 1. The van der Waals surface area contributed by atoms with Gasteiger partial charge in [0.25, 0.3) is 0 Å². The molecule has 5 nitrogen and oxygen atoms in total. The highest BCUT2D eigenvalue weighted by molar-refractivity contribution is 5.46. The lowest BCUT2D eigenvalue weighted by Crippen LogP contribution is -2.05. The Balaban J connectivity index is 2.45. The second-order valence-electron chi connectivity index (χ2n) is 4.78. The molecule has 0 saturated carbocycles. The Kier molecular flexibility index (Phi) is 4.16. The molecule has 1 aromatic carbocycles. The molecule has 0 saturated heterocycles. The van der Waals surface area contributed by atoms with Gasteiger partial charge in [0, 0.05) is 6.42 Å². The van der Waals surface area contributed by atoms with E-state index in [1.807, 2.05) is 24.3 Å². The van der Waals surface area contributed by atoms with Gasteiger partial charge in [0.1, 0.15) is 18.0 Å². The van der Waals surface area contributed by atoms with E-state index in [9.17, 15) is 5.11 Å². The summed E-state index contributed by atoms with van der Waals surface area (Å²) < 4.78 is 6.97. The molecule has 0 amide bonds. The Bertz CT molecular complexity index is 549. The Hall–Kier alpha value is -1.88. The molecule has 0 unspecified atom stereocenters. The molecule has 0 aliphatic rings. The van der Waals surface area contributed by atoms with Crippen LogP contribution in [0.4, 0.5) is 0 Å². The highest BCUT2D eigenvalue weighted by Gasteiger charge is 2.14. The quantitative estimate of drug-likeness (QED) is 0.894. The summed E-state index contributed by atoms with van der Waals surface area (Å²) >= 11 is 0. The van der Waals surface area contributed by atoms with E-state index in [-0.39, 0.29) is 6.61 Å². The van der Waals surface area contributed by atoms with Crippen molar-refractivity contribution in [2.75, 3.05) is 7.11 Å². The summed E-state index contributed by atoms with van der Waals surface area (Å²) in [6, 6.07) is 7.56. The number of ether oxygens (including phenoxy) is 1. The molecule has 0 aliphatic carbocycles. The maximum atomic E-state index is 9.43. The van der Waals surface area contributed by atoms with Crippen LogP contribution in [0, 0.1) is 5.92 Å². The molecule has 2 rings (SSSR count). The third kappa shape index (κ3) is 2.93. The van der Waals surface area contributed by atoms with Crippen molar-refractivity contribution in [1.82, 2.24) is 14.8 Å². The number of methoxy groups -OCH3 is 1. The molecular weight excluding hydrogens is 242 g/mol. The van der Waals surface area contributed by atoms with E-state index in [2.05, 4.69) is 23.9 Å². The lowest BCUT2D eigenvalue weighted by molar-refractivity contribution is 0.267. The van der Waals surface area contributed by atoms with Crippen LogP contribution in [0.1, 0.15) is 25.5 Å². The summed E-state index contributed by atoms with van der Waals surface area (Å²) in [5.41, 5.74) is 0.788. The summed E-state index contributed by atoms with van der Waals surface area (Å²) in [5.74, 6) is 2.45. The van der Waals surface area contributed by atoms with Gasteiger partial charge in [-0.25, -0.2) is 9.67 Å². The molecule has 0 bridgehead atoms. The Morgan fingerprint density at radius 2 is 2.05 bits per heavy atom. The van der Waals surface area contributed by atoms with E-state index in [0.717, 1.165) is 17.9 Å². The summed E-state index contributed by atoms with van der Waals surface area (Å²) in [6.45, 7) is 4.08. The van der Waals surface area contributed by atoms with Crippen LogP contribution in [-0.4, -0.2) is 27.0 Å². The lowest BCUT2D eigenvalue weighted by atomic mass is 10.1. The van der Waals surface area contributed by atoms with Crippen molar-refractivity contribution < 1.29 is 9.84 Å². The molecule has 1 aromatic heterocycles. The molecule has 0 atom stereocenters. The van der Waals surface area contributed by atoms with Gasteiger partial charge >= 0.3 is 0 Å².